The second-order valence-corrected chi connectivity index (χ2v) is 18.0. The Morgan fingerprint density at radius 3 is 1.26 bits per heavy atom. The largest absolute Gasteiger partial charge is 0.334 e. The van der Waals surface area contributed by atoms with Gasteiger partial charge in [0.05, 0.1) is 6.04 Å². The first-order valence-electron chi connectivity index (χ1n) is 23.7. The Balaban J connectivity index is 1.14. The topological polar surface area (TPSA) is 6.48 Å². The van der Waals surface area contributed by atoms with Crippen LogP contribution in [0.2, 0.25) is 0 Å². The van der Waals surface area contributed by atoms with Crippen LogP contribution >= 0.6 is 0 Å². The van der Waals surface area contributed by atoms with Crippen LogP contribution in [0.4, 0.5) is 28.4 Å². The Labute approximate surface area is 396 Å². The van der Waals surface area contributed by atoms with Gasteiger partial charge >= 0.3 is 0 Å². The third-order valence-electron chi connectivity index (χ3n) is 14.0. The van der Waals surface area contributed by atoms with Crippen LogP contribution in [0.3, 0.4) is 0 Å². The molecule has 0 radical (unpaired) electrons. The molecule has 0 fully saturated rings. The van der Waals surface area contributed by atoms with E-state index in [9.17, 15) is 0 Å². The Hall–Kier alpha value is -8.72. The molecule has 1 atom stereocenters. The van der Waals surface area contributed by atoms with E-state index in [0.717, 1.165) is 29.2 Å². The van der Waals surface area contributed by atoms with E-state index in [1.165, 1.54) is 92.6 Å². The van der Waals surface area contributed by atoms with Crippen molar-refractivity contribution < 1.29 is 0 Å². The van der Waals surface area contributed by atoms with Crippen molar-refractivity contribution >= 4 is 93.1 Å². The van der Waals surface area contributed by atoms with Gasteiger partial charge < -0.3 is 9.80 Å². The number of hydrogen-bond acceptors (Lipinski definition) is 2. The fourth-order valence-electron chi connectivity index (χ4n) is 10.9. The van der Waals surface area contributed by atoms with Crippen LogP contribution in [0.5, 0.6) is 0 Å². The summed E-state index contributed by atoms with van der Waals surface area (Å²) in [7, 11) is 0. The molecular weight excluding hydrogens is 821 g/mol. The molecule has 0 heterocycles. The maximum absolute atomic E-state index is 2.52. The zero-order chi connectivity index (χ0) is 45.0. The van der Waals surface area contributed by atoms with Gasteiger partial charge in [-0.3, -0.25) is 0 Å². The number of fused-ring (bicyclic) bond motifs is 8. The minimum absolute atomic E-state index is 0.164. The maximum Gasteiger partial charge on any atom is 0.0559 e. The molecule has 1 aliphatic carbocycles. The monoisotopic (exact) mass is 866 g/mol. The van der Waals surface area contributed by atoms with Crippen molar-refractivity contribution in [2.24, 2.45) is 0 Å². The number of rotatable bonds is 8. The van der Waals surface area contributed by atoms with E-state index < -0.39 is 0 Å². The predicted octanol–water partition coefficient (Wildman–Crippen LogP) is 18.4. The first-order chi connectivity index (χ1) is 33.7. The second-order valence-electron chi connectivity index (χ2n) is 18.0. The van der Waals surface area contributed by atoms with Crippen LogP contribution in [0.25, 0.3) is 86.9 Å². The molecule has 1 unspecified atom stereocenters. The van der Waals surface area contributed by atoms with E-state index in [2.05, 4.69) is 271 Å². The number of anilines is 5. The van der Waals surface area contributed by atoms with Gasteiger partial charge in [-0.05, 0) is 166 Å². The zero-order valence-electron chi connectivity index (χ0n) is 37.5. The molecule has 12 aromatic carbocycles. The third kappa shape index (κ3) is 6.81. The lowest BCUT2D eigenvalue weighted by molar-refractivity contribution is 0.785. The van der Waals surface area contributed by atoms with Crippen molar-refractivity contribution in [3.05, 3.63) is 261 Å². The summed E-state index contributed by atoms with van der Waals surface area (Å²) in [6.07, 6.45) is 9.90. The molecule has 2 heteroatoms. The van der Waals surface area contributed by atoms with E-state index in [1.807, 2.05) is 0 Å². The van der Waals surface area contributed by atoms with Gasteiger partial charge in [-0.25, -0.2) is 0 Å². The van der Waals surface area contributed by atoms with Gasteiger partial charge in [0.1, 0.15) is 0 Å². The molecule has 0 spiro atoms. The van der Waals surface area contributed by atoms with Gasteiger partial charge in [0.2, 0.25) is 0 Å². The minimum Gasteiger partial charge on any atom is -0.334 e. The van der Waals surface area contributed by atoms with Gasteiger partial charge in [-0.2, -0.15) is 0 Å². The molecule has 0 bridgehead atoms. The van der Waals surface area contributed by atoms with Crippen LogP contribution in [0.1, 0.15) is 6.42 Å². The summed E-state index contributed by atoms with van der Waals surface area (Å²) >= 11 is 0. The summed E-state index contributed by atoms with van der Waals surface area (Å²) in [5.74, 6) is 0. The van der Waals surface area contributed by atoms with Gasteiger partial charge in [0.25, 0.3) is 0 Å². The van der Waals surface area contributed by atoms with Crippen molar-refractivity contribution in [2.75, 3.05) is 9.80 Å². The number of hydrogen-bond donors (Lipinski definition) is 0. The highest BCUT2D eigenvalue weighted by Gasteiger charge is 2.24. The molecule has 1 aliphatic rings. The summed E-state index contributed by atoms with van der Waals surface area (Å²) in [5.41, 5.74) is 10.5. The number of para-hydroxylation sites is 3. The molecule has 0 aromatic heterocycles. The quantitative estimate of drug-likeness (QED) is 0.111. The molecule has 0 aliphatic heterocycles. The molecule has 320 valence electrons. The molecule has 12 aromatic rings. The van der Waals surface area contributed by atoms with Gasteiger partial charge in [0.15, 0.2) is 0 Å². The van der Waals surface area contributed by atoms with Crippen molar-refractivity contribution in [1.82, 2.24) is 0 Å². The van der Waals surface area contributed by atoms with E-state index in [-0.39, 0.29) is 6.04 Å². The average molecular weight is 867 g/mol. The van der Waals surface area contributed by atoms with E-state index in [4.69, 9.17) is 0 Å². The van der Waals surface area contributed by atoms with E-state index in [0.29, 0.717) is 0 Å². The Morgan fingerprint density at radius 1 is 0.294 bits per heavy atom. The zero-order valence-corrected chi connectivity index (χ0v) is 37.5. The molecule has 0 N–H and O–H groups in total. The highest BCUT2D eigenvalue weighted by Crippen LogP contribution is 2.49. The normalized spacial score (nSPS) is 13.6. The summed E-state index contributed by atoms with van der Waals surface area (Å²) in [6, 6.07) is 87.7. The van der Waals surface area contributed by atoms with Crippen LogP contribution in [-0.4, -0.2) is 6.04 Å². The third-order valence-corrected chi connectivity index (χ3v) is 14.0. The second kappa shape index (κ2) is 16.6. The molecule has 68 heavy (non-hydrogen) atoms. The van der Waals surface area contributed by atoms with Crippen molar-refractivity contribution in [3.63, 3.8) is 0 Å². The van der Waals surface area contributed by atoms with Crippen molar-refractivity contribution in [1.29, 1.82) is 0 Å². The molecule has 0 amide bonds. The Morgan fingerprint density at radius 2 is 0.735 bits per heavy atom. The lowest BCUT2D eigenvalue weighted by atomic mass is 9.84. The van der Waals surface area contributed by atoms with Crippen molar-refractivity contribution in [2.45, 2.75) is 12.5 Å². The lowest BCUT2D eigenvalue weighted by Crippen LogP contribution is -2.29. The van der Waals surface area contributed by atoms with Crippen LogP contribution in [0, 0.1) is 0 Å². The van der Waals surface area contributed by atoms with Crippen LogP contribution < -0.4 is 9.80 Å². The average Bonchev–Trinajstić information content (AvgIpc) is 3.41. The number of benzene rings is 12. The van der Waals surface area contributed by atoms with E-state index in [1.54, 1.807) is 0 Å². The maximum atomic E-state index is 2.52. The van der Waals surface area contributed by atoms with Crippen molar-refractivity contribution in [3.8, 4) is 22.3 Å². The SMILES string of the molecule is C1=CCC(N(c2ccccc2)c2ccc3c(-c4ccc5c(ccc6ccccc65)c4)c4cc(N(c5ccccc5)c5ccccc5)ccc4c(-c4ccc5c(ccc6ccccc65)c4)c3c2)C=C1. The first-order valence-corrected chi connectivity index (χ1v) is 23.7. The Kier molecular flexibility index (Phi) is 9.68. The number of nitrogens with zero attached hydrogens (tertiary/aromatic N) is 2. The lowest BCUT2D eigenvalue weighted by Gasteiger charge is -2.33. The molecule has 0 saturated carbocycles. The standard InChI is InChI=1S/C66H46N2/c1-5-19-51(20-6-1)67(52-21-7-2-8-22-52)55-35-39-61-63(43-55)65(49-33-37-59-47(41-49)31-29-45-17-13-15-27-57(45)59)62-40-36-56(68(53-23-9-3-10-24-53)54-25-11-4-12-26-54)44-64(62)66(61)50-34-38-60-48(42-50)32-30-46-18-14-16-28-58(46)60/h1-25,27-44,54H,26H2. The predicted molar refractivity (Wildman–Crippen MR) is 292 cm³/mol. The summed E-state index contributed by atoms with van der Waals surface area (Å²) in [6.45, 7) is 0. The van der Waals surface area contributed by atoms with Gasteiger partial charge in [0, 0.05) is 28.4 Å². The fraction of sp³-hybridized carbons (Fsp3) is 0.0303. The summed E-state index contributed by atoms with van der Waals surface area (Å²) in [5, 5.41) is 14.9. The van der Waals surface area contributed by atoms with Gasteiger partial charge in [-0.1, -0.05) is 188 Å². The van der Waals surface area contributed by atoms with Crippen LogP contribution in [-0.2, 0) is 0 Å². The molecule has 13 rings (SSSR count). The fourth-order valence-corrected chi connectivity index (χ4v) is 10.9. The Bertz CT molecular complexity index is 3910. The first kappa shape index (κ1) is 39.6. The summed E-state index contributed by atoms with van der Waals surface area (Å²) in [4.78, 5) is 4.90. The molecule has 2 nitrogen and oxygen atoms in total. The summed E-state index contributed by atoms with van der Waals surface area (Å²) < 4.78 is 0. The van der Waals surface area contributed by atoms with Gasteiger partial charge in [-0.15, -0.1) is 0 Å². The van der Waals surface area contributed by atoms with E-state index >= 15 is 0 Å². The smallest absolute Gasteiger partial charge is 0.0559 e. The molecule has 0 saturated heterocycles. The minimum atomic E-state index is 0.164. The molecular formula is C66H46N2. The van der Waals surface area contributed by atoms with Crippen LogP contribution in [0.15, 0.2) is 261 Å². The highest BCUT2D eigenvalue weighted by molar-refractivity contribution is 6.24. The number of allylic oxidation sites excluding steroid dienone is 2. The highest BCUT2D eigenvalue weighted by atomic mass is 15.2.